The molecule has 2 aromatic rings. The summed E-state index contributed by atoms with van der Waals surface area (Å²) in [6.07, 6.45) is 3.06. The second kappa shape index (κ2) is 8.41. The Morgan fingerprint density at radius 1 is 1.22 bits per heavy atom. The maximum Gasteiger partial charge on any atom is 0.329 e. The molecular formula is C20H16BrClN2O3. The summed E-state index contributed by atoms with van der Waals surface area (Å²) < 4.78 is 6.46. The van der Waals surface area contributed by atoms with Crippen LogP contribution in [-0.4, -0.2) is 23.4 Å². The maximum atomic E-state index is 12.3. The van der Waals surface area contributed by atoms with Crippen molar-refractivity contribution in [3.63, 3.8) is 0 Å². The number of halogens is 2. The van der Waals surface area contributed by atoms with E-state index in [4.69, 9.17) is 16.3 Å². The molecule has 3 rings (SSSR count). The quantitative estimate of drug-likeness (QED) is 0.394. The molecular weight excluding hydrogens is 432 g/mol. The van der Waals surface area contributed by atoms with E-state index < -0.39 is 11.9 Å². The van der Waals surface area contributed by atoms with Gasteiger partial charge < -0.3 is 10.1 Å². The molecule has 1 saturated heterocycles. The van der Waals surface area contributed by atoms with Gasteiger partial charge in [-0.3, -0.25) is 9.69 Å². The standard InChI is InChI=1S/C20H16BrClN2O3/c1-2-8-24-19(25)17(23-20(24)26)11-14-9-15(21)18(16(22)10-14)27-12-13-6-4-3-5-7-13/h2-7,9-11H,1,8,12H2,(H,23,26)/b17-11+. The van der Waals surface area contributed by atoms with Crippen LogP contribution in [0.5, 0.6) is 5.75 Å². The lowest BCUT2D eigenvalue weighted by Crippen LogP contribution is -2.30. The Morgan fingerprint density at radius 2 is 1.96 bits per heavy atom. The van der Waals surface area contributed by atoms with Crippen molar-refractivity contribution in [2.24, 2.45) is 0 Å². The highest BCUT2D eigenvalue weighted by Gasteiger charge is 2.32. The summed E-state index contributed by atoms with van der Waals surface area (Å²) in [5, 5.41) is 2.94. The molecule has 0 aliphatic carbocycles. The summed E-state index contributed by atoms with van der Waals surface area (Å²) in [6, 6.07) is 12.7. The SMILES string of the molecule is C=CCN1C(=O)N/C(=C/c2cc(Cl)c(OCc3ccccc3)c(Br)c2)C1=O. The van der Waals surface area contributed by atoms with Gasteiger partial charge in [0.05, 0.1) is 9.50 Å². The number of hydrogen-bond donors (Lipinski definition) is 1. The number of amides is 3. The Hall–Kier alpha value is -2.57. The Kier molecular flexibility index (Phi) is 5.98. The Morgan fingerprint density at radius 3 is 2.63 bits per heavy atom. The molecule has 0 unspecified atom stereocenters. The van der Waals surface area contributed by atoms with Gasteiger partial charge in [0, 0.05) is 6.54 Å². The number of carbonyl (C=O) groups excluding carboxylic acids is 2. The van der Waals surface area contributed by atoms with Crippen LogP contribution in [0.2, 0.25) is 5.02 Å². The fourth-order valence-electron chi connectivity index (χ4n) is 2.56. The van der Waals surface area contributed by atoms with E-state index in [1.54, 1.807) is 18.2 Å². The fourth-order valence-corrected chi connectivity index (χ4v) is 3.55. The molecule has 5 nitrogen and oxygen atoms in total. The first-order valence-electron chi connectivity index (χ1n) is 8.11. The van der Waals surface area contributed by atoms with Gasteiger partial charge in [0.15, 0.2) is 5.75 Å². The van der Waals surface area contributed by atoms with Gasteiger partial charge in [0.1, 0.15) is 12.3 Å². The van der Waals surface area contributed by atoms with E-state index in [-0.39, 0.29) is 12.2 Å². The average Bonchev–Trinajstić information content (AvgIpc) is 2.90. The van der Waals surface area contributed by atoms with E-state index in [9.17, 15) is 9.59 Å². The normalized spacial score (nSPS) is 15.2. The van der Waals surface area contributed by atoms with Gasteiger partial charge in [-0.05, 0) is 45.3 Å². The molecule has 0 radical (unpaired) electrons. The monoisotopic (exact) mass is 446 g/mol. The minimum Gasteiger partial charge on any atom is -0.486 e. The minimum absolute atomic E-state index is 0.152. The Balaban J connectivity index is 1.79. The molecule has 138 valence electrons. The molecule has 1 fully saturated rings. The Labute approximate surface area is 170 Å². The first kappa shape index (κ1) is 19.2. The molecule has 7 heteroatoms. The van der Waals surface area contributed by atoms with Gasteiger partial charge in [-0.15, -0.1) is 6.58 Å². The molecule has 0 saturated carbocycles. The number of carbonyl (C=O) groups is 2. The van der Waals surface area contributed by atoms with Crippen LogP contribution in [0.25, 0.3) is 6.08 Å². The van der Waals surface area contributed by atoms with Gasteiger partial charge in [0.2, 0.25) is 0 Å². The number of nitrogens with one attached hydrogen (secondary N) is 1. The number of nitrogens with zero attached hydrogens (tertiary/aromatic N) is 1. The predicted molar refractivity (Wildman–Crippen MR) is 108 cm³/mol. The van der Waals surface area contributed by atoms with Crippen molar-refractivity contribution in [2.75, 3.05) is 6.54 Å². The molecule has 0 aromatic heterocycles. The minimum atomic E-state index is -0.473. The topological polar surface area (TPSA) is 58.6 Å². The smallest absolute Gasteiger partial charge is 0.329 e. The maximum absolute atomic E-state index is 12.3. The van der Waals surface area contributed by atoms with Crippen LogP contribution in [-0.2, 0) is 11.4 Å². The molecule has 0 bridgehead atoms. The highest BCUT2D eigenvalue weighted by atomic mass is 79.9. The second-order valence-corrected chi connectivity index (χ2v) is 7.04. The van der Waals surface area contributed by atoms with Crippen molar-refractivity contribution in [2.45, 2.75) is 6.61 Å². The molecule has 1 heterocycles. The molecule has 1 aliphatic heterocycles. The van der Waals surface area contributed by atoms with Crippen molar-refractivity contribution < 1.29 is 14.3 Å². The highest BCUT2D eigenvalue weighted by molar-refractivity contribution is 9.10. The largest absolute Gasteiger partial charge is 0.486 e. The number of hydrogen-bond acceptors (Lipinski definition) is 3. The number of benzene rings is 2. The zero-order valence-corrected chi connectivity index (χ0v) is 16.6. The molecule has 0 spiro atoms. The van der Waals surface area contributed by atoms with Gasteiger partial charge in [-0.1, -0.05) is 48.0 Å². The first-order valence-corrected chi connectivity index (χ1v) is 9.28. The second-order valence-electron chi connectivity index (χ2n) is 5.78. The lowest BCUT2D eigenvalue weighted by atomic mass is 10.1. The van der Waals surface area contributed by atoms with Crippen LogP contribution in [0.1, 0.15) is 11.1 Å². The van der Waals surface area contributed by atoms with Crippen LogP contribution >= 0.6 is 27.5 Å². The van der Waals surface area contributed by atoms with Crippen molar-refractivity contribution in [1.29, 1.82) is 0 Å². The van der Waals surface area contributed by atoms with Crippen LogP contribution in [0.15, 0.2) is 65.3 Å². The Bertz CT molecular complexity index is 905. The predicted octanol–water partition coefficient (Wildman–Crippen LogP) is 4.76. The third-order valence-electron chi connectivity index (χ3n) is 3.83. The van der Waals surface area contributed by atoms with Crippen molar-refractivity contribution >= 4 is 45.5 Å². The molecule has 3 amide bonds. The van der Waals surface area contributed by atoms with E-state index in [0.717, 1.165) is 10.5 Å². The van der Waals surface area contributed by atoms with Gasteiger partial charge in [-0.25, -0.2) is 4.79 Å². The van der Waals surface area contributed by atoms with Crippen molar-refractivity contribution in [1.82, 2.24) is 10.2 Å². The summed E-state index contributed by atoms with van der Waals surface area (Å²) in [7, 11) is 0. The number of rotatable bonds is 6. The highest BCUT2D eigenvalue weighted by Crippen LogP contribution is 2.35. The van der Waals surface area contributed by atoms with Gasteiger partial charge in [0.25, 0.3) is 5.91 Å². The molecule has 1 aliphatic rings. The van der Waals surface area contributed by atoms with E-state index in [1.165, 1.54) is 6.08 Å². The van der Waals surface area contributed by atoms with Gasteiger partial charge >= 0.3 is 6.03 Å². The summed E-state index contributed by atoms with van der Waals surface area (Å²) in [4.78, 5) is 25.2. The zero-order chi connectivity index (χ0) is 19.4. The van der Waals surface area contributed by atoms with E-state index >= 15 is 0 Å². The van der Waals surface area contributed by atoms with Crippen LogP contribution in [0.3, 0.4) is 0 Å². The van der Waals surface area contributed by atoms with Crippen molar-refractivity contribution in [3.8, 4) is 5.75 Å². The van der Waals surface area contributed by atoms with Crippen LogP contribution < -0.4 is 10.1 Å². The summed E-state index contributed by atoms with van der Waals surface area (Å²) in [5.41, 5.74) is 1.86. The molecule has 0 atom stereocenters. The molecule has 27 heavy (non-hydrogen) atoms. The summed E-state index contributed by atoms with van der Waals surface area (Å²) in [6.45, 7) is 4.07. The zero-order valence-electron chi connectivity index (χ0n) is 14.2. The lowest BCUT2D eigenvalue weighted by molar-refractivity contribution is -0.122. The molecule has 2 aromatic carbocycles. The van der Waals surface area contributed by atoms with Crippen LogP contribution in [0.4, 0.5) is 4.79 Å². The third-order valence-corrected chi connectivity index (χ3v) is 4.70. The van der Waals surface area contributed by atoms with E-state index in [1.807, 2.05) is 30.3 Å². The number of ether oxygens (including phenoxy) is 1. The number of urea groups is 1. The molecule has 1 N–H and O–H groups in total. The third kappa shape index (κ3) is 4.40. The van der Waals surface area contributed by atoms with Crippen LogP contribution in [0, 0.1) is 0 Å². The average molecular weight is 448 g/mol. The van der Waals surface area contributed by atoms with E-state index in [0.29, 0.717) is 27.4 Å². The van der Waals surface area contributed by atoms with E-state index in [2.05, 4.69) is 27.8 Å². The fraction of sp³-hybridized carbons (Fsp3) is 0.100. The number of imide groups is 1. The van der Waals surface area contributed by atoms with Gasteiger partial charge in [-0.2, -0.15) is 0 Å². The first-order chi connectivity index (χ1) is 13.0. The van der Waals surface area contributed by atoms with Crippen molar-refractivity contribution in [3.05, 3.63) is 81.4 Å². The summed E-state index contributed by atoms with van der Waals surface area (Å²) >= 11 is 9.80. The lowest BCUT2D eigenvalue weighted by Gasteiger charge is -2.11. The summed E-state index contributed by atoms with van der Waals surface area (Å²) in [5.74, 6) is 0.106.